The van der Waals surface area contributed by atoms with E-state index in [1.807, 2.05) is 0 Å². The Kier molecular flexibility index (Phi) is 2.91. The first kappa shape index (κ1) is 13.6. The van der Waals surface area contributed by atoms with Crippen molar-refractivity contribution in [3.8, 4) is 0 Å². The van der Waals surface area contributed by atoms with Crippen LogP contribution in [0.5, 0.6) is 0 Å². The Balaban J connectivity index is 1.99. The molecule has 0 spiro atoms. The minimum atomic E-state index is -3.70. The topological polar surface area (TPSA) is 92.5 Å². The zero-order valence-corrected chi connectivity index (χ0v) is 12.2. The van der Waals surface area contributed by atoms with Crippen molar-refractivity contribution in [3.05, 3.63) is 12.0 Å². The maximum atomic E-state index is 12.7. The highest BCUT2D eigenvalue weighted by Gasteiger charge is 2.54. The Labute approximate surface area is 117 Å². The molecule has 2 bridgehead atoms. The van der Waals surface area contributed by atoms with E-state index in [9.17, 15) is 18.3 Å². The summed E-state index contributed by atoms with van der Waals surface area (Å²) in [5.74, 6) is -0.882. The van der Waals surface area contributed by atoms with Crippen LogP contribution in [-0.4, -0.2) is 45.4 Å². The van der Waals surface area contributed by atoms with E-state index in [2.05, 4.69) is 4.98 Å². The average molecular weight is 299 g/mol. The van der Waals surface area contributed by atoms with Crippen LogP contribution in [0, 0.1) is 12.8 Å². The lowest BCUT2D eigenvalue weighted by Crippen LogP contribution is -2.38. The number of imidazole rings is 1. The molecule has 0 aromatic carbocycles. The summed E-state index contributed by atoms with van der Waals surface area (Å²) < 4.78 is 28.4. The molecule has 0 amide bonds. The van der Waals surface area contributed by atoms with Crippen molar-refractivity contribution < 1.29 is 18.3 Å². The molecule has 2 saturated heterocycles. The fourth-order valence-corrected chi connectivity index (χ4v) is 5.28. The molecule has 110 valence electrons. The van der Waals surface area contributed by atoms with Crippen molar-refractivity contribution in [2.45, 2.75) is 43.3 Å². The van der Waals surface area contributed by atoms with Gasteiger partial charge in [-0.3, -0.25) is 4.79 Å². The molecule has 0 aliphatic carbocycles. The number of hydrogen-bond donors (Lipinski definition) is 1. The first-order chi connectivity index (χ1) is 9.32. The molecule has 2 aliphatic rings. The van der Waals surface area contributed by atoms with Gasteiger partial charge in [-0.1, -0.05) is 0 Å². The third kappa shape index (κ3) is 1.78. The molecule has 3 rings (SSSR count). The molecule has 0 radical (unpaired) electrons. The molecule has 3 atom stereocenters. The fourth-order valence-electron chi connectivity index (χ4n) is 3.34. The van der Waals surface area contributed by atoms with Gasteiger partial charge in [-0.15, -0.1) is 0 Å². The molecule has 3 heterocycles. The number of rotatable bonds is 3. The van der Waals surface area contributed by atoms with Gasteiger partial charge in [0.05, 0.1) is 5.92 Å². The zero-order valence-electron chi connectivity index (χ0n) is 11.4. The Morgan fingerprint density at radius 2 is 2.15 bits per heavy atom. The number of sulfonamides is 1. The number of aromatic nitrogens is 2. The van der Waals surface area contributed by atoms with Gasteiger partial charge in [0.25, 0.3) is 10.0 Å². The molecule has 2 aliphatic heterocycles. The Morgan fingerprint density at radius 3 is 2.65 bits per heavy atom. The lowest BCUT2D eigenvalue weighted by molar-refractivity contribution is -0.142. The summed E-state index contributed by atoms with van der Waals surface area (Å²) in [4.78, 5) is 15.3. The molecule has 1 aromatic heterocycles. The molecule has 3 unspecified atom stereocenters. The van der Waals surface area contributed by atoms with Crippen LogP contribution in [0.15, 0.2) is 11.2 Å². The number of nitrogens with zero attached hydrogens (tertiary/aromatic N) is 3. The van der Waals surface area contributed by atoms with Crippen molar-refractivity contribution in [2.24, 2.45) is 13.0 Å². The highest BCUT2D eigenvalue weighted by atomic mass is 32.2. The standard InChI is InChI=1S/C12H17N3O4S/c1-7-13-11(6-14(7)2)20(18,19)15-8-3-4-10(15)9(5-8)12(16)17/h6,8-10H,3-5H2,1-2H3,(H,16,17). The quantitative estimate of drug-likeness (QED) is 0.869. The van der Waals surface area contributed by atoms with E-state index >= 15 is 0 Å². The number of aryl methyl sites for hydroxylation is 2. The van der Waals surface area contributed by atoms with Crippen LogP contribution in [0.1, 0.15) is 25.1 Å². The van der Waals surface area contributed by atoms with Crippen LogP contribution in [0.25, 0.3) is 0 Å². The molecule has 2 fully saturated rings. The first-order valence-corrected chi connectivity index (χ1v) is 8.02. The molecular weight excluding hydrogens is 282 g/mol. The van der Waals surface area contributed by atoms with Gasteiger partial charge in [0, 0.05) is 25.3 Å². The highest BCUT2D eigenvalue weighted by molar-refractivity contribution is 7.89. The number of carbonyl (C=O) groups is 1. The molecule has 1 aromatic rings. The van der Waals surface area contributed by atoms with Crippen LogP contribution < -0.4 is 0 Å². The van der Waals surface area contributed by atoms with E-state index in [-0.39, 0.29) is 11.1 Å². The van der Waals surface area contributed by atoms with Gasteiger partial charge < -0.3 is 9.67 Å². The smallest absolute Gasteiger partial charge is 0.308 e. The maximum absolute atomic E-state index is 12.7. The monoisotopic (exact) mass is 299 g/mol. The SMILES string of the molecule is Cc1nc(S(=O)(=O)N2C3CCC2C(C(=O)O)C3)cn1C. The normalized spacial score (nSPS) is 30.0. The molecular formula is C12H17N3O4S. The van der Waals surface area contributed by atoms with E-state index in [0.29, 0.717) is 18.7 Å². The van der Waals surface area contributed by atoms with Crippen molar-refractivity contribution in [3.63, 3.8) is 0 Å². The van der Waals surface area contributed by atoms with Gasteiger partial charge in [0.15, 0.2) is 5.03 Å². The van der Waals surface area contributed by atoms with E-state index in [1.54, 1.807) is 18.5 Å². The number of carboxylic acid groups (broad SMARTS) is 1. The van der Waals surface area contributed by atoms with Crippen LogP contribution in [-0.2, 0) is 21.9 Å². The van der Waals surface area contributed by atoms with Gasteiger partial charge >= 0.3 is 5.97 Å². The van der Waals surface area contributed by atoms with Crippen LogP contribution in [0.4, 0.5) is 0 Å². The van der Waals surface area contributed by atoms with E-state index < -0.39 is 28.0 Å². The van der Waals surface area contributed by atoms with Crippen molar-refractivity contribution in [1.29, 1.82) is 0 Å². The van der Waals surface area contributed by atoms with E-state index in [4.69, 9.17) is 0 Å². The second-order valence-corrected chi connectivity index (χ2v) is 7.34. The Hall–Kier alpha value is -1.41. The van der Waals surface area contributed by atoms with Gasteiger partial charge in [-0.2, -0.15) is 4.31 Å². The number of hydrogen-bond acceptors (Lipinski definition) is 4. The predicted octanol–water partition coefficient (Wildman–Crippen LogP) is 0.355. The zero-order chi connectivity index (χ0) is 14.7. The third-order valence-electron chi connectivity index (χ3n) is 4.42. The Morgan fingerprint density at radius 1 is 1.45 bits per heavy atom. The number of fused-ring (bicyclic) bond motifs is 2. The Bertz CT molecular complexity index is 647. The second kappa shape index (κ2) is 4.29. The minimum Gasteiger partial charge on any atom is -0.481 e. The maximum Gasteiger partial charge on any atom is 0.308 e. The van der Waals surface area contributed by atoms with Crippen molar-refractivity contribution in [1.82, 2.24) is 13.9 Å². The van der Waals surface area contributed by atoms with Crippen LogP contribution in [0.3, 0.4) is 0 Å². The predicted molar refractivity (Wildman–Crippen MR) is 69.5 cm³/mol. The molecule has 7 nitrogen and oxygen atoms in total. The average Bonchev–Trinajstić information content (AvgIpc) is 3.03. The summed E-state index contributed by atoms with van der Waals surface area (Å²) in [6.45, 7) is 1.73. The van der Waals surface area contributed by atoms with Gasteiger partial charge in [-0.05, 0) is 26.2 Å². The fraction of sp³-hybridized carbons (Fsp3) is 0.667. The summed E-state index contributed by atoms with van der Waals surface area (Å²) in [5, 5.41) is 9.21. The van der Waals surface area contributed by atoms with E-state index in [1.165, 1.54) is 10.5 Å². The van der Waals surface area contributed by atoms with Crippen molar-refractivity contribution >= 4 is 16.0 Å². The third-order valence-corrected chi connectivity index (χ3v) is 6.27. The summed E-state index contributed by atoms with van der Waals surface area (Å²) in [7, 11) is -1.97. The molecule has 20 heavy (non-hydrogen) atoms. The summed E-state index contributed by atoms with van der Waals surface area (Å²) in [5.41, 5.74) is 0. The lowest BCUT2D eigenvalue weighted by Gasteiger charge is -2.21. The largest absolute Gasteiger partial charge is 0.481 e. The first-order valence-electron chi connectivity index (χ1n) is 6.58. The van der Waals surface area contributed by atoms with Gasteiger partial charge in [-0.25, -0.2) is 13.4 Å². The van der Waals surface area contributed by atoms with Crippen LogP contribution in [0.2, 0.25) is 0 Å². The van der Waals surface area contributed by atoms with E-state index in [0.717, 1.165) is 6.42 Å². The molecule has 0 saturated carbocycles. The number of carboxylic acids is 1. The number of aliphatic carboxylic acids is 1. The van der Waals surface area contributed by atoms with Gasteiger partial charge in [0.1, 0.15) is 5.82 Å². The molecule has 8 heteroatoms. The van der Waals surface area contributed by atoms with Gasteiger partial charge in [0.2, 0.25) is 0 Å². The van der Waals surface area contributed by atoms with Crippen LogP contribution >= 0.6 is 0 Å². The minimum absolute atomic E-state index is 0.0143. The highest BCUT2D eigenvalue weighted by Crippen LogP contribution is 2.44. The summed E-state index contributed by atoms with van der Waals surface area (Å²) >= 11 is 0. The molecule has 1 N–H and O–H groups in total. The lowest BCUT2D eigenvalue weighted by atomic mass is 9.89. The van der Waals surface area contributed by atoms with Crippen molar-refractivity contribution in [2.75, 3.05) is 0 Å². The summed E-state index contributed by atoms with van der Waals surface area (Å²) in [6.07, 6.45) is 3.25. The summed E-state index contributed by atoms with van der Waals surface area (Å²) in [6, 6.07) is -0.627. The second-order valence-electron chi connectivity index (χ2n) is 5.55.